The molecule has 3 rings (SSSR count). The molecule has 6 heteroatoms. The van der Waals surface area contributed by atoms with Gasteiger partial charge in [-0.1, -0.05) is 18.2 Å². The Labute approximate surface area is 153 Å². The highest BCUT2D eigenvalue weighted by Crippen LogP contribution is 2.20. The van der Waals surface area contributed by atoms with Crippen LogP contribution in [-0.4, -0.2) is 31.8 Å². The lowest BCUT2D eigenvalue weighted by atomic mass is 10.2. The summed E-state index contributed by atoms with van der Waals surface area (Å²) >= 11 is 0. The van der Waals surface area contributed by atoms with Crippen molar-refractivity contribution in [1.29, 1.82) is 0 Å². The lowest BCUT2D eigenvalue weighted by molar-refractivity contribution is -0.117. The standard InChI is InChI=1S/C20H23N3O3/c24-20(12-14-25-15-19-7-4-13-26-19)21-16-8-10-18(11-9-16)23-22-17-5-2-1-3-6-17/h1-3,5-6,8-11,19H,4,7,12-15H2,(H,21,24). The molecule has 1 aliphatic rings. The number of carbonyl (C=O) groups excluding carboxylic acids is 1. The van der Waals surface area contributed by atoms with E-state index < -0.39 is 0 Å². The molecule has 2 aromatic carbocycles. The van der Waals surface area contributed by atoms with Crippen LogP contribution in [0.4, 0.5) is 17.1 Å². The summed E-state index contributed by atoms with van der Waals surface area (Å²) in [4.78, 5) is 11.9. The Hall–Kier alpha value is -2.57. The zero-order valence-corrected chi connectivity index (χ0v) is 14.6. The highest BCUT2D eigenvalue weighted by atomic mass is 16.5. The monoisotopic (exact) mass is 353 g/mol. The summed E-state index contributed by atoms with van der Waals surface area (Å²) in [5, 5.41) is 11.2. The summed E-state index contributed by atoms with van der Waals surface area (Å²) in [5.41, 5.74) is 2.26. The third kappa shape index (κ3) is 6.06. The first-order chi connectivity index (χ1) is 12.8. The van der Waals surface area contributed by atoms with Crippen LogP contribution in [0.15, 0.2) is 64.8 Å². The van der Waals surface area contributed by atoms with E-state index in [0.29, 0.717) is 19.6 Å². The van der Waals surface area contributed by atoms with Crippen molar-refractivity contribution in [3.63, 3.8) is 0 Å². The second-order valence-corrected chi connectivity index (χ2v) is 6.09. The summed E-state index contributed by atoms with van der Waals surface area (Å²) in [6.07, 6.45) is 2.65. The number of anilines is 1. The Kier molecular flexibility index (Phi) is 6.87. The second kappa shape index (κ2) is 9.79. The number of ether oxygens (including phenoxy) is 2. The first-order valence-electron chi connectivity index (χ1n) is 8.86. The molecule has 136 valence electrons. The topological polar surface area (TPSA) is 72.3 Å². The lowest BCUT2D eigenvalue weighted by Crippen LogP contribution is -2.18. The Morgan fingerprint density at radius 2 is 1.81 bits per heavy atom. The quantitative estimate of drug-likeness (QED) is 0.556. The molecule has 1 fully saturated rings. The van der Waals surface area contributed by atoms with Gasteiger partial charge in [0.2, 0.25) is 5.91 Å². The average Bonchev–Trinajstić information content (AvgIpc) is 3.19. The van der Waals surface area contributed by atoms with Crippen molar-refractivity contribution in [2.24, 2.45) is 10.2 Å². The van der Waals surface area contributed by atoms with Gasteiger partial charge in [0.05, 0.1) is 37.1 Å². The summed E-state index contributed by atoms with van der Waals surface area (Å²) in [7, 11) is 0. The van der Waals surface area contributed by atoms with Crippen molar-refractivity contribution in [3.8, 4) is 0 Å². The fraction of sp³-hybridized carbons (Fsp3) is 0.350. The molecule has 0 aliphatic carbocycles. The van der Waals surface area contributed by atoms with Crippen LogP contribution in [0.1, 0.15) is 19.3 Å². The third-order valence-electron chi connectivity index (χ3n) is 3.99. The van der Waals surface area contributed by atoms with Gasteiger partial charge in [-0.15, -0.1) is 0 Å². The van der Waals surface area contributed by atoms with Crippen molar-refractivity contribution >= 4 is 23.0 Å². The predicted octanol–water partition coefficient (Wildman–Crippen LogP) is 4.63. The summed E-state index contributed by atoms with van der Waals surface area (Å²) in [6, 6.07) is 16.8. The van der Waals surface area contributed by atoms with Crippen LogP contribution >= 0.6 is 0 Å². The van der Waals surface area contributed by atoms with E-state index in [9.17, 15) is 4.79 Å². The number of azo groups is 1. The van der Waals surface area contributed by atoms with Gasteiger partial charge < -0.3 is 14.8 Å². The van der Waals surface area contributed by atoms with E-state index in [1.807, 2.05) is 54.6 Å². The molecule has 1 N–H and O–H groups in total. The van der Waals surface area contributed by atoms with Crippen LogP contribution in [0.3, 0.4) is 0 Å². The maximum absolute atomic E-state index is 11.9. The van der Waals surface area contributed by atoms with Crippen molar-refractivity contribution in [3.05, 3.63) is 54.6 Å². The summed E-state index contributed by atoms with van der Waals surface area (Å²) in [5.74, 6) is -0.0731. The smallest absolute Gasteiger partial charge is 0.226 e. The molecule has 0 saturated carbocycles. The van der Waals surface area contributed by atoms with E-state index in [1.165, 1.54) is 0 Å². The molecule has 0 bridgehead atoms. The molecule has 0 radical (unpaired) electrons. The van der Waals surface area contributed by atoms with Crippen LogP contribution in [0.25, 0.3) is 0 Å². The van der Waals surface area contributed by atoms with Gasteiger partial charge in [-0.05, 0) is 49.2 Å². The molecular weight excluding hydrogens is 330 g/mol. The van der Waals surface area contributed by atoms with E-state index in [1.54, 1.807) is 0 Å². The number of nitrogens with one attached hydrogen (secondary N) is 1. The minimum absolute atomic E-state index is 0.0731. The van der Waals surface area contributed by atoms with Gasteiger partial charge in [-0.3, -0.25) is 4.79 Å². The molecule has 1 atom stereocenters. The van der Waals surface area contributed by atoms with Crippen molar-refractivity contribution in [2.75, 3.05) is 25.1 Å². The van der Waals surface area contributed by atoms with E-state index in [2.05, 4.69) is 15.5 Å². The van der Waals surface area contributed by atoms with Gasteiger partial charge in [0.15, 0.2) is 0 Å². The number of nitrogens with zero attached hydrogens (tertiary/aromatic N) is 2. The Bertz CT molecular complexity index is 711. The van der Waals surface area contributed by atoms with Crippen LogP contribution < -0.4 is 5.32 Å². The molecule has 1 heterocycles. The number of carbonyl (C=O) groups is 1. The highest BCUT2D eigenvalue weighted by Gasteiger charge is 2.15. The first kappa shape index (κ1) is 18.2. The maximum Gasteiger partial charge on any atom is 0.226 e. The molecule has 26 heavy (non-hydrogen) atoms. The molecule has 1 aliphatic heterocycles. The summed E-state index contributed by atoms with van der Waals surface area (Å²) in [6.45, 7) is 1.78. The van der Waals surface area contributed by atoms with Crippen molar-refractivity contribution in [2.45, 2.75) is 25.4 Å². The lowest BCUT2D eigenvalue weighted by Gasteiger charge is -2.10. The fourth-order valence-corrected chi connectivity index (χ4v) is 2.60. The van der Waals surface area contributed by atoms with E-state index >= 15 is 0 Å². The number of hydrogen-bond acceptors (Lipinski definition) is 5. The van der Waals surface area contributed by atoms with Crippen LogP contribution in [-0.2, 0) is 14.3 Å². The van der Waals surface area contributed by atoms with Gasteiger partial charge >= 0.3 is 0 Å². The SMILES string of the molecule is O=C(CCOCC1CCCO1)Nc1ccc(N=Nc2ccccc2)cc1. The molecule has 6 nitrogen and oxygen atoms in total. The fourth-order valence-electron chi connectivity index (χ4n) is 2.60. The second-order valence-electron chi connectivity index (χ2n) is 6.09. The van der Waals surface area contributed by atoms with Gasteiger partial charge in [0.25, 0.3) is 0 Å². The molecular formula is C20H23N3O3. The van der Waals surface area contributed by atoms with Gasteiger partial charge in [0.1, 0.15) is 0 Å². The highest BCUT2D eigenvalue weighted by molar-refractivity contribution is 5.90. The Morgan fingerprint density at radius 1 is 1.08 bits per heavy atom. The van der Waals surface area contributed by atoms with Gasteiger partial charge in [-0.2, -0.15) is 10.2 Å². The van der Waals surface area contributed by atoms with E-state index in [-0.39, 0.29) is 12.0 Å². The van der Waals surface area contributed by atoms with Gasteiger partial charge in [-0.25, -0.2) is 0 Å². The average molecular weight is 353 g/mol. The minimum Gasteiger partial charge on any atom is -0.378 e. The normalized spacial score (nSPS) is 16.8. The largest absolute Gasteiger partial charge is 0.378 e. The third-order valence-corrected chi connectivity index (χ3v) is 3.99. The Balaban J connectivity index is 1.39. The molecule has 0 spiro atoms. The molecule has 1 unspecified atom stereocenters. The van der Waals surface area contributed by atoms with Crippen LogP contribution in [0.5, 0.6) is 0 Å². The summed E-state index contributed by atoms with van der Waals surface area (Å²) < 4.78 is 11.0. The first-order valence-corrected chi connectivity index (χ1v) is 8.86. The number of rotatable bonds is 8. The Morgan fingerprint density at radius 3 is 2.50 bits per heavy atom. The molecule has 0 aromatic heterocycles. The van der Waals surface area contributed by atoms with Gasteiger partial charge in [0, 0.05) is 12.3 Å². The molecule has 1 amide bonds. The van der Waals surface area contributed by atoms with Crippen molar-refractivity contribution < 1.29 is 14.3 Å². The zero-order chi connectivity index (χ0) is 18.0. The number of amides is 1. The number of benzene rings is 2. The van der Waals surface area contributed by atoms with E-state index in [0.717, 1.165) is 36.5 Å². The maximum atomic E-state index is 11.9. The molecule has 1 saturated heterocycles. The van der Waals surface area contributed by atoms with Crippen molar-refractivity contribution in [1.82, 2.24) is 0 Å². The van der Waals surface area contributed by atoms with Crippen LogP contribution in [0, 0.1) is 0 Å². The zero-order valence-electron chi connectivity index (χ0n) is 14.6. The predicted molar refractivity (Wildman–Crippen MR) is 100 cm³/mol. The minimum atomic E-state index is -0.0731. The van der Waals surface area contributed by atoms with Crippen LogP contribution in [0.2, 0.25) is 0 Å². The van der Waals surface area contributed by atoms with E-state index in [4.69, 9.17) is 9.47 Å². The molecule has 2 aromatic rings. The number of hydrogen-bond donors (Lipinski definition) is 1.